The summed E-state index contributed by atoms with van der Waals surface area (Å²) >= 11 is 1.76. The first-order chi connectivity index (χ1) is 8.90. The topological polar surface area (TPSA) is 29.9 Å². The van der Waals surface area contributed by atoms with Gasteiger partial charge in [-0.1, -0.05) is 13.0 Å². The van der Waals surface area contributed by atoms with Crippen LogP contribution in [-0.4, -0.2) is 22.1 Å². The van der Waals surface area contributed by atoms with Crippen molar-refractivity contribution in [2.24, 2.45) is 0 Å². The maximum atomic E-state index is 4.54. The minimum atomic E-state index is 0.560. The van der Waals surface area contributed by atoms with Crippen molar-refractivity contribution in [2.75, 3.05) is 6.54 Å². The molecule has 1 N–H and O–H groups in total. The number of nitrogens with zero attached hydrogens (tertiary/aromatic N) is 2. The number of hydrogen-bond donors (Lipinski definition) is 1. The van der Waals surface area contributed by atoms with Gasteiger partial charge in [0, 0.05) is 18.4 Å². The molecule has 1 aliphatic carbocycles. The number of rotatable bonds is 4. The molecule has 2 unspecified atom stereocenters. The zero-order chi connectivity index (χ0) is 12.4. The van der Waals surface area contributed by atoms with Gasteiger partial charge in [0.15, 0.2) is 0 Å². The molecular weight excluding hydrogens is 242 g/mol. The van der Waals surface area contributed by atoms with E-state index in [1.54, 1.807) is 11.3 Å². The van der Waals surface area contributed by atoms with Gasteiger partial charge in [0.25, 0.3) is 0 Å². The lowest BCUT2D eigenvalue weighted by atomic mass is 10.1. The van der Waals surface area contributed by atoms with Crippen LogP contribution in [0.3, 0.4) is 0 Å². The maximum Gasteiger partial charge on any atom is 0.150 e. The molecule has 1 saturated carbocycles. The van der Waals surface area contributed by atoms with E-state index in [0.717, 1.165) is 12.4 Å². The number of thiophene rings is 1. The molecule has 2 heterocycles. The van der Waals surface area contributed by atoms with Crippen LogP contribution in [0.4, 0.5) is 0 Å². The summed E-state index contributed by atoms with van der Waals surface area (Å²) in [5.74, 6) is 1.12. The van der Waals surface area contributed by atoms with Crippen LogP contribution in [-0.2, 0) is 0 Å². The summed E-state index contributed by atoms with van der Waals surface area (Å²) in [7, 11) is 0. The van der Waals surface area contributed by atoms with Crippen LogP contribution in [0.15, 0.2) is 29.9 Å². The molecule has 96 valence electrons. The number of hydrogen-bond acceptors (Lipinski definition) is 3. The van der Waals surface area contributed by atoms with Crippen LogP contribution in [0.1, 0.15) is 32.2 Å². The zero-order valence-electron chi connectivity index (χ0n) is 10.7. The average molecular weight is 261 g/mol. The molecule has 0 aliphatic heterocycles. The molecule has 0 amide bonds. The monoisotopic (exact) mass is 261 g/mol. The Bertz CT molecular complexity index is 489. The Morgan fingerprint density at radius 3 is 3.22 bits per heavy atom. The Kier molecular flexibility index (Phi) is 3.48. The molecule has 1 fully saturated rings. The van der Waals surface area contributed by atoms with Gasteiger partial charge < -0.3 is 9.88 Å². The molecule has 18 heavy (non-hydrogen) atoms. The average Bonchev–Trinajstić information content (AvgIpc) is 3.10. The number of nitrogens with one attached hydrogen (secondary N) is 1. The molecule has 0 spiro atoms. The van der Waals surface area contributed by atoms with Gasteiger partial charge in [-0.15, -0.1) is 11.3 Å². The largest absolute Gasteiger partial charge is 0.326 e. The lowest BCUT2D eigenvalue weighted by Crippen LogP contribution is -2.33. The highest BCUT2D eigenvalue weighted by molar-refractivity contribution is 7.13. The molecule has 0 radical (unpaired) electrons. The van der Waals surface area contributed by atoms with E-state index in [1.165, 1.54) is 24.1 Å². The highest BCUT2D eigenvalue weighted by Gasteiger charge is 2.29. The molecule has 0 bridgehead atoms. The van der Waals surface area contributed by atoms with E-state index in [1.807, 2.05) is 6.20 Å². The summed E-state index contributed by atoms with van der Waals surface area (Å²) in [4.78, 5) is 5.81. The fraction of sp³-hybridized carbons (Fsp3) is 0.500. The van der Waals surface area contributed by atoms with Crippen molar-refractivity contribution in [3.8, 4) is 10.7 Å². The van der Waals surface area contributed by atoms with Gasteiger partial charge in [-0.05, 0) is 37.3 Å². The molecule has 4 heteroatoms. The number of imidazole rings is 1. The Morgan fingerprint density at radius 2 is 2.44 bits per heavy atom. The van der Waals surface area contributed by atoms with Gasteiger partial charge in [0.1, 0.15) is 5.82 Å². The summed E-state index contributed by atoms with van der Waals surface area (Å²) in [6, 6.07) is 5.41. The normalized spacial score (nSPS) is 23.6. The van der Waals surface area contributed by atoms with Gasteiger partial charge in [-0.3, -0.25) is 0 Å². The van der Waals surface area contributed by atoms with E-state index in [9.17, 15) is 0 Å². The maximum absolute atomic E-state index is 4.54. The van der Waals surface area contributed by atoms with Gasteiger partial charge in [-0.25, -0.2) is 4.98 Å². The van der Waals surface area contributed by atoms with Crippen molar-refractivity contribution in [1.82, 2.24) is 14.9 Å². The van der Waals surface area contributed by atoms with Gasteiger partial charge in [0.2, 0.25) is 0 Å². The molecule has 0 aromatic carbocycles. The van der Waals surface area contributed by atoms with E-state index in [4.69, 9.17) is 0 Å². The van der Waals surface area contributed by atoms with Crippen LogP contribution in [0.2, 0.25) is 0 Å². The standard InChI is InChI=1S/C14H19N3S/c1-2-15-11-5-3-6-12(11)17-9-8-16-14(17)13-7-4-10-18-13/h4,7-12,15H,2-3,5-6H2,1H3. The van der Waals surface area contributed by atoms with Crippen molar-refractivity contribution >= 4 is 11.3 Å². The van der Waals surface area contributed by atoms with E-state index in [2.05, 4.69) is 45.5 Å². The van der Waals surface area contributed by atoms with Crippen LogP contribution in [0.5, 0.6) is 0 Å². The molecule has 2 aromatic rings. The molecular formula is C14H19N3S. The fourth-order valence-corrected chi connectivity index (χ4v) is 3.68. The SMILES string of the molecule is CCNC1CCCC1n1ccnc1-c1cccs1. The quantitative estimate of drug-likeness (QED) is 0.915. The lowest BCUT2D eigenvalue weighted by Gasteiger charge is -2.23. The first-order valence-electron chi connectivity index (χ1n) is 6.70. The molecule has 2 atom stereocenters. The highest BCUT2D eigenvalue weighted by atomic mass is 32.1. The third-order valence-corrected chi connectivity index (χ3v) is 4.58. The minimum Gasteiger partial charge on any atom is -0.326 e. The van der Waals surface area contributed by atoms with Crippen LogP contribution < -0.4 is 5.32 Å². The second-order valence-corrected chi connectivity index (χ2v) is 5.75. The predicted octanol–water partition coefficient (Wildman–Crippen LogP) is 3.31. The second kappa shape index (κ2) is 5.24. The third-order valence-electron chi connectivity index (χ3n) is 3.71. The van der Waals surface area contributed by atoms with E-state index in [0.29, 0.717) is 12.1 Å². The van der Waals surface area contributed by atoms with E-state index >= 15 is 0 Å². The zero-order valence-corrected chi connectivity index (χ0v) is 11.5. The molecule has 3 rings (SSSR count). The van der Waals surface area contributed by atoms with Crippen LogP contribution >= 0.6 is 11.3 Å². The van der Waals surface area contributed by atoms with E-state index in [-0.39, 0.29) is 0 Å². The number of likely N-dealkylation sites (N-methyl/N-ethyl adjacent to an activating group) is 1. The van der Waals surface area contributed by atoms with Crippen molar-refractivity contribution in [2.45, 2.75) is 38.3 Å². The summed E-state index contributed by atoms with van der Waals surface area (Å²) in [5, 5.41) is 5.73. The molecule has 1 aliphatic rings. The first-order valence-corrected chi connectivity index (χ1v) is 7.58. The van der Waals surface area contributed by atoms with Crippen molar-refractivity contribution < 1.29 is 0 Å². The Balaban J connectivity index is 1.90. The summed E-state index contributed by atoms with van der Waals surface area (Å²) < 4.78 is 2.37. The van der Waals surface area contributed by atoms with Crippen molar-refractivity contribution in [3.63, 3.8) is 0 Å². The summed E-state index contributed by atoms with van der Waals surface area (Å²) in [5.41, 5.74) is 0. The molecule has 2 aromatic heterocycles. The van der Waals surface area contributed by atoms with Crippen molar-refractivity contribution in [1.29, 1.82) is 0 Å². The lowest BCUT2D eigenvalue weighted by molar-refractivity contribution is 0.402. The summed E-state index contributed by atoms with van der Waals surface area (Å²) in [6.45, 7) is 3.23. The smallest absolute Gasteiger partial charge is 0.150 e. The van der Waals surface area contributed by atoms with Crippen LogP contribution in [0, 0.1) is 0 Å². The Morgan fingerprint density at radius 1 is 1.50 bits per heavy atom. The minimum absolute atomic E-state index is 0.560. The molecule has 3 nitrogen and oxygen atoms in total. The van der Waals surface area contributed by atoms with Crippen molar-refractivity contribution in [3.05, 3.63) is 29.9 Å². The third kappa shape index (κ3) is 2.10. The molecule has 0 saturated heterocycles. The summed E-state index contributed by atoms with van der Waals surface area (Å²) in [6.07, 6.45) is 7.91. The fourth-order valence-electron chi connectivity index (χ4n) is 2.95. The van der Waals surface area contributed by atoms with Gasteiger partial charge in [-0.2, -0.15) is 0 Å². The van der Waals surface area contributed by atoms with Crippen LogP contribution in [0.25, 0.3) is 10.7 Å². The number of aromatic nitrogens is 2. The first kappa shape index (κ1) is 11.9. The predicted molar refractivity (Wildman–Crippen MR) is 75.9 cm³/mol. The second-order valence-electron chi connectivity index (χ2n) is 4.80. The van der Waals surface area contributed by atoms with Gasteiger partial charge in [0.05, 0.1) is 10.9 Å². The Labute approximate surface area is 112 Å². The van der Waals surface area contributed by atoms with E-state index < -0.39 is 0 Å². The van der Waals surface area contributed by atoms with Gasteiger partial charge >= 0.3 is 0 Å². The Hall–Kier alpha value is -1.13. The highest BCUT2D eigenvalue weighted by Crippen LogP contribution is 2.34.